The molecule has 0 spiro atoms. The molecule has 1 fully saturated rings. The first kappa shape index (κ1) is 26.6. The zero-order chi connectivity index (χ0) is 27.2. The highest BCUT2D eigenvalue weighted by Gasteiger charge is 2.35. The van der Waals surface area contributed by atoms with Gasteiger partial charge in [0.05, 0.1) is 13.7 Å². The summed E-state index contributed by atoms with van der Waals surface area (Å²) >= 11 is 1.53. The second kappa shape index (κ2) is 12.2. The molecule has 3 aromatic heterocycles. The van der Waals surface area contributed by atoms with Crippen molar-refractivity contribution in [3.63, 3.8) is 0 Å². The SMILES string of the molecule is COc1ccc(-c2nnn(CC(=O)N(Cc3cccs3)[C@H](C(=O)NC3CCCCC3)c3ccc(C)o3)n2)cc1. The molecule has 2 amide bonds. The van der Waals surface area contributed by atoms with E-state index in [1.165, 1.54) is 22.6 Å². The van der Waals surface area contributed by atoms with Crippen LogP contribution in [0.4, 0.5) is 0 Å². The summed E-state index contributed by atoms with van der Waals surface area (Å²) < 4.78 is 11.1. The van der Waals surface area contributed by atoms with Gasteiger partial charge in [-0.2, -0.15) is 4.80 Å². The minimum Gasteiger partial charge on any atom is -0.497 e. The number of tetrazole rings is 1. The normalized spacial score (nSPS) is 14.6. The summed E-state index contributed by atoms with van der Waals surface area (Å²) in [5.41, 5.74) is 0.751. The van der Waals surface area contributed by atoms with Crippen LogP contribution in [0.15, 0.2) is 58.3 Å². The molecular formula is C28H32N6O4S. The van der Waals surface area contributed by atoms with Crippen molar-refractivity contribution in [3.05, 3.63) is 70.3 Å². The molecule has 1 atom stereocenters. The predicted molar refractivity (Wildman–Crippen MR) is 146 cm³/mol. The molecule has 3 heterocycles. The molecular weight excluding hydrogens is 516 g/mol. The molecule has 1 aliphatic carbocycles. The predicted octanol–water partition coefficient (Wildman–Crippen LogP) is 4.53. The van der Waals surface area contributed by atoms with Crippen LogP contribution >= 0.6 is 11.3 Å². The summed E-state index contributed by atoms with van der Waals surface area (Å²) in [6.45, 7) is 1.89. The average Bonchev–Trinajstić information content (AvgIpc) is 3.72. The zero-order valence-electron chi connectivity index (χ0n) is 22.1. The third-order valence-corrected chi connectivity index (χ3v) is 7.71. The summed E-state index contributed by atoms with van der Waals surface area (Å²) in [6.07, 6.45) is 5.22. The van der Waals surface area contributed by atoms with Gasteiger partial charge in [0.2, 0.25) is 11.7 Å². The van der Waals surface area contributed by atoms with Crippen LogP contribution in [0.5, 0.6) is 5.75 Å². The van der Waals surface area contributed by atoms with Gasteiger partial charge in [0, 0.05) is 16.5 Å². The van der Waals surface area contributed by atoms with Crippen LogP contribution in [-0.2, 0) is 22.7 Å². The Morgan fingerprint density at radius 1 is 1.15 bits per heavy atom. The Bertz CT molecular complexity index is 1380. The number of nitrogens with one attached hydrogen (secondary N) is 1. The van der Waals surface area contributed by atoms with Gasteiger partial charge in [-0.1, -0.05) is 25.3 Å². The van der Waals surface area contributed by atoms with Crippen molar-refractivity contribution in [2.45, 2.75) is 64.2 Å². The van der Waals surface area contributed by atoms with Gasteiger partial charge >= 0.3 is 0 Å². The fourth-order valence-corrected chi connectivity index (χ4v) is 5.53. The van der Waals surface area contributed by atoms with Crippen LogP contribution in [0.2, 0.25) is 0 Å². The number of carbonyl (C=O) groups is 2. The maximum atomic E-state index is 13.9. The molecule has 5 rings (SSSR count). The Morgan fingerprint density at radius 2 is 1.95 bits per heavy atom. The van der Waals surface area contributed by atoms with E-state index >= 15 is 0 Å². The largest absolute Gasteiger partial charge is 0.497 e. The van der Waals surface area contributed by atoms with Crippen molar-refractivity contribution in [3.8, 4) is 17.1 Å². The second-order valence-corrected chi connectivity index (χ2v) is 10.7. The van der Waals surface area contributed by atoms with E-state index in [2.05, 4.69) is 20.7 Å². The standard InChI is InChI=1S/C28H32N6O4S/c1-19-10-15-24(38-19)26(28(36)29-21-7-4-3-5-8-21)33(17-23-9-6-16-39-23)25(35)18-34-31-27(30-32-34)20-11-13-22(37-2)14-12-20/h6,9-16,21,26H,3-5,7-8,17-18H2,1-2H3,(H,29,36)/t26-/m0/s1. The fraction of sp³-hybridized carbons (Fsp3) is 0.393. The van der Waals surface area contributed by atoms with Gasteiger partial charge < -0.3 is 19.4 Å². The minimum atomic E-state index is -0.931. The molecule has 4 aromatic rings. The molecule has 0 unspecified atom stereocenters. The van der Waals surface area contributed by atoms with E-state index in [-0.39, 0.29) is 30.9 Å². The topological polar surface area (TPSA) is 115 Å². The number of amides is 2. The number of hydrogen-bond acceptors (Lipinski definition) is 8. The van der Waals surface area contributed by atoms with Crippen molar-refractivity contribution in [1.29, 1.82) is 0 Å². The van der Waals surface area contributed by atoms with Crippen LogP contribution in [0.1, 0.15) is 54.5 Å². The molecule has 0 aliphatic heterocycles. The van der Waals surface area contributed by atoms with E-state index in [9.17, 15) is 9.59 Å². The Balaban J connectivity index is 1.41. The summed E-state index contributed by atoms with van der Waals surface area (Å²) in [5, 5.41) is 17.8. The van der Waals surface area contributed by atoms with E-state index in [0.29, 0.717) is 17.3 Å². The zero-order valence-corrected chi connectivity index (χ0v) is 22.9. The third-order valence-electron chi connectivity index (χ3n) is 6.85. The average molecular weight is 549 g/mol. The van der Waals surface area contributed by atoms with Crippen LogP contribution < -0.4 is 10.1 Å². The lowest BCUT2D eigenvalue weighted by Crippen LogP contribution is -2.47. The first-order valence-electron chi connectivity index (χ1n) is 13.1. The highest BCUT2D eigenvalue weighted by Crippen LogP contribution is 2.28. The van der Waals surface area contributed by atoms with Gasteiger partial charge in [0.15, 0.2) is 6.04 Å². The van der Waals surface area contributed by atoms with Crippen molar-refractivity contribution in [1.82, 2.24) is 30.4 Å². The van der Waals surface area contributed by atoms with Gasteiger partial charge in [-0.25, -0.2) is 0 Å². The van der Waals surface area contributed by atoms with Crippen molar-refractivity contribution >= 4 is 23.2 Å². The Kier molecular flexibility index (Phi) is 8.36. The molecule has 11 heteroatoms. The maximum absolute atomic E-state index is 13.9. The van der Waals surface area contributed by atoms with Crippen LogP contribution in [0, 0.1) is 6.92 Å². The van der Waals surface area contributed by atoms with Crippen LogP contribution in [-0.4, -0.2) is 50.1 Å². The van der Waals surface area contributed by atoms with E-state index in [4.69, 9.17) is 9.15 Å². The Hall–Kier alpha value is -3.99. The minimum absolute atomic E-state index is 0.0903. The van der Waals surface area contributed by atoms with Gasteiger partial charge in [0.25, 0.3) is 5.91 Å². The lowest BCUT2D eigenvalue weighted by atomic mass is 9.95. The lowest BCUT2D eigenvalue weighted by molar-refractivity contribution is -0.143. The highest BCUT2D eigenvalue weighted by molar-refractivity contribution is 7.09. The first-order chi connectivity index (χ1) is 19.0. The number of methoxy groups -OCH3 is 1. The Labute approximate surface area is 231 Å². The number of ether oxygens (including phenoxy) is 1. The quantitative estimate of drug-likeness (QED) is 0.310. The number of thiophene rings is 1. The molecule has 1 aliphatic rings. The van der Waals surface area contributed by atoms with Gasteiger partial charge in [-0.15, -0.1) is 21.5 Å². The summed E-state index contributed by atoms with van der Waals surface area (Å²) in [4.78, 5) is 31.4. The van der Waals surface area contributed by atoms with E-state index in [0.717, 1.165) is 41.9 Å². The molecule has 0 bridgehead atoms. The number of nitrogens with zero attached hydrogens (tertiary/aromatic N) is 5. The van der Waals surface area contributed by atoms with Crippen LogP contribution in [0.25, 0.3) is 11.4 Å². The van der Waals surface area contributed by atoms with Gasteiger partial charge in [-0.05, 0) is 72.8 Å². The number of aromatic nitrogens is 4. The summed E-state index contributed by atoms with van der Waals surface area (Å²) in [6, 6.07) is 13.9. The number of benzene rings is 1. The number of furan rings is 1. The van der Waals surface area contributed by atoms with E-state index < -0.39 is 6.04 Å². The molecule has 0 saturated heterocycles. The monoisotopic (exact) mass is 548 g/mol. The number of aryl methyl sites for hydroxylation is 1. The molecule has 0 radical (unpaired) electrons. The molecule has 1 saturated carbocycles. The van der Waals surface area contributed by atoms with E-state index in [1.807, 2.05) is 54.8 Å². The van der Waals surface area contributed by atoms with Crippen LogP contribution in [0.3, 0.4) is 0 Å². The van der Waals surface area contributed by atoms with Crippen molar-refractivity contribution in [2.24, 2.45) is 0 Å². The third kappa shape index (κ3) is 6.54. The lowest BCUT2D eigenvalue weighted by Gasteiger charge is -2.31. The summed E-state index contributed by atoms with van der Waals surface area (Å²) in [7, 11) is 1.60. The second-order valence-electron chi connectivity index (χ2n) is 9.67. The van der Waals surface area contributed by atoms with Gasteiger partial charge in [-0.3, -0.25) is 9.59 Å². The first-order valence-corrected chi connectivity index (χ1v) is 14.0. The maximum Gasteiger partial charge on any atom is 0.250 e. The number of rotatable bonds is 10. The smallest absolute Gasteiger partial charge is 0.250 e. The summed E-state index contributed by atoms with van der Waals surface area (Å²) in [5.74, 6) is 1.65. The number of hydrogen-bond donors (Lipinski definition) is 1. The molecule has 10 nitrogen and oxygen atoms in total. The van der Waals surface area contributed by atoms with Gasteiger partial charge in [0.1, 0.15) is 23.8 Å². The number of carbonyl (C=O) groups excluding carboxylic acids is 2. The fourth-order valence-electron chi connectivity index (χ4n) is 4.82. The Morgan fingerprint density at radius 3 is 2.62 bits per heavy atom. The molecule has 1 N–H and O–H groups in total. The van der Waals surface area contributed by atoms with Crippen molar-refractivity contribution < 1.29 is 18.7 Å². The molecule has 1 aromatic carbocycles. The van der Waals surface area contributed by atoms with Crippen molar-refractivity contribution in [2.75, 3.05) is 7.11 Å². The molecule has 204 valence electrons. The van der Waals surface area contributed by atoms with E-state index in [1.54, 1.807) is 18.1 Å². The highest BCUT2D eigenvalue weighted by atomic mass is 32.1. The molecule has 39 heavy (non-hydrogen) atoms.